The smallest absolute Gasteiger partial charge is 0.253 e. The van der Waals surface area contributed by atoms with Gasteiger partial charge in [0.25, 0.3) is 5.91 Å². The average molecular weight is 423 g/mol. The number of anilines is 1. The number of hydrogen-bond acceptors (Lipinski definition) is 5. The van der Waals surface area contributed by atoms with E-state index in [2.05, 4.69) is 23.8 Å². The number of nitrogens with zero attached hydrogens (tertiary/aromatic N) is 4. The first-order chi connectivity index (χ1) is 14.4. The number of amides is 1. The third-order valence-corrected chi connectivity index (χ3v) is 5.79. The summed E-state index contributed by atoms with van der Waals surface area (Å²) in [6, 6.07) is 8.89. The maximum Gasteiger partial charge on any atom is 0.253 e. The molecule has 1 aliphatic rings. The summed E-state index contributed by atoms with van der Waals surface area (Å²) in [4.78, 5) is 35.2. The van der Waals surface area contributed by atoms with Crippen molar-refractivity contribution in [1.82, 2.24) is 9.97 Å². The Labute approximate surface area is 181 Å². The quantitative estimate of drug-likeness (QED) is 0.608. The van der Waals surface area contributed by atoms with Gasteiger partial charge in [0.15, 0.2) is 5.78 Å². The van der Waals surface area contributed by atoms with Crippen LogP contribution in [-0.2, 0) is 4.79 Å². The Hall–Kier alpha value is -3.04. The van der Waals surface area contributed by atoms with E-state index in [1.165, 1.54) is 12.4 Å². The van der Waals surface area contributed by atoms with E-state index in [0.29, 0.717) is 41.5 Å². The molecule has 7 heteroatoms. The zero-order chi connectivity index (χ0) is 21.7. The highest BCUT2D eigenvalue weighted by Crippen LogP contribution is 2.32. The number of Topliss-reactive ketones (excluding diaryl/α,β-unsaturated/α-hetero) is 1. The summed E-state index contributed by atoms with van der Waals surface area (Å²) in [5.41, 5.74) is 1.91. The molecule has 2 atom stereocenters. The normalized spacial score (nSPS) is 17.3. The van der Waals surface area contributed by atoms with Gasteiger partial charge < -0.3 is 0 Å². The van der Waals surface area contributed by atoms with Crippen LogP contribution in [0.15, 0.2) is 48.3 Å². The van der Waals surface area contributed by atoms with Gasteiger partial charge in [0, 0.05) is 35.5 Å². The van der Waals surface area contributed by atoms with E-state index in [-0.39, 0.29) is 23.6 Å². The molecule has 1 aliphatic heterocycles. The van der Waals surface area contributed by atoms with Gasteiger partial charge >= 0.3 is 0 Å². The van der Waals surface area contributed by atoms with Gasteiger partial charge in [-0.2, -0.15) is 5.26 Å². The van der Waals surface area contributed by atoms with Crippen LogP contribution in [0.3, 0.4) is 0 Å². The third-order valence-electron chi connectivity index (χ3n) is 5.56. The Bertz CT molecular complexity index is 1010. The van der Waals surface area contributed by atoms with Crippen molar-refractivity contribution >= 4 is 29.2 Å². The van der Waals surface area contributed by atoms with Crippen LogP contribution in [0.5, 0.6) is 0 Å². The van der Waals surface area contributed by atoms with Crippen molar-refractivity contribution < 1.29 is 9.59 Å². The maximum absolute atomic E-state index is 12.8. The zero-order valence-corrected chi connectivity index (χ0v) is 17.8. The zero-order valence-electron chi connectivity index (χ0n) is 17.0. The number of carbonyl (C=O) groups is 2. The predicted molar refractivity (Wildman–Crippen MR) is 115 cm³/mol. The van der Waals surface area contributed by atoms with E-state index in [1.807, 2.05) is 6.07 Å². The van der Waals surface area contributed by atoms with E-state index >= 15 is 0 Å². The van der Waals surface area contributed by atoms with E-state index in [0.717, 1.165) is 12.0 Å². The van der Waals surface area contributed by atoms with Crippen LogP contribution in [0.25, 0.3) is 0 Å². The minimum Gasteiger partial charge on any atom is -0.294 e. The highest BCUT2D eigenvalue weighted by atomic mass is 35.5. The van der Waals surface area contributed by atoms with Crippen molar-refractivity contribution in [2.75, 3.05) is 11.4 Å². The standard InChI is InChI=1S/C23H23ClN4O2/c1-3-15(2)20-14-28(23-26-12-16(11-25)13-27-23)22(30)10-17(20)7-8-21(29)18-5-4-6-19(24)9-18/h4-6,9-10,12-13,15,20H,3,7-8,14H2,1-2H3/t15-,20+/m0/s1. The van der Waals surface area contributed by atoms with Crippen LogP contribution in [0.2, 0.25) is 5.02 Å². The second kappa shape index (κ2) is 9.64. The molecule has 2 heterocycles. The second-order valence-corrected chi connectivity index (χ2v) is 7.91. The molecule has 1 aromatic carbocycles. The van der Waals surface area contributed by atoms with Crippen LogP contribution >= 0.6 is 11.6 Å². The lowest BCUT2D eigenvalue weighted by molar-refractivity contribution is -0.114. The van der Waals surface area contributed by atoms with E-state index < -0.39 is 0 Å². The molecule has 0 unspecified atom stereocenters. The van der Waals surface area contributed by atoms with Crippen LogP contribution in [0.1, 0.15) is 49.0 Å². The number of aromatic nitrogens is 2. The van der Waals surface area contributed by atoms with Gasteiger partial charge in [0.2, 0.25) is 5.95 Å². The molecule has 0 bridgehead atoms. The summed E-state index contributed by atoms with van der Waals surface area (Å²) in [6.45, 7) is 4.71. The fourth-order valence-corrected chi connectivity index (χ4v) is 3.79. The molecule has 1 aromatic heterocycles. The number of benzene rings is 1. The molecule has 0 saturated carbocycles. The Morgan fingerprint density at radius 2 is 2.10 bits per heavy atom. The first-order valence-corrected chi connectivity index (χ1v) is 10.3. The molecule has 0 saturated heterocycles. The van der Waals surface area contributed by atoms with Gasteiger partial charge in [-0.15, -0.1) is 0 Å². The van der Waals surface area contributed by atoms with Crippen LogP contribution in [-0.4, -0.2) is 28.2 Å². The van der Waals surface area contributed by atoms with E-state index in [9.17, 15) is 9.59 Å². The molecule has 2 aromatic rings. The van der Waals surface area contributed by atoms with Gasteiger partial charge in [0.1, 0.15) is 6.07 Å². The Morgan fingerprint density at radius 3 is 2.73 bits per heavy atom. The minimum atomic E-state index is -0.204. The Kier molecular flexibility index (Phi) is 6.96. The lowest BCUT2D eigenvalue weighted by atomic mass is 9.80. The number of ketones is 1. The maximum atomic E-state index is 12.8. The molecular formula is C23H23ClN4O2. The summed E-state index contributed by atoms with van der Waals surface area (Å²) >= 11 is 5.99. The van der Waals surface area contributed by atoms with Gasteiger partial charge in [-0.25, -0.2) is 9.97 Å². The van der Waals surface area contributed by atoms with Crippen molar-refractivity contribution in [2.45, 2.75) is 33.1 Å². The van der Waals surface area contributed by atoms with Crippen LogP contribution in [0, 0.1) is 23.2 Å². The highest BCUT2D eigenvalue weighted by Gasteiger charge is 2.32. The number of nitriles is 1. The van der Waals surface area contributed by atoms with Gasteiger partial charge in [-0.1, -0.05) is 49.6 Å². The van der Waals surface area contributed by atoms with Gasteiger partial charge in [-0.05, 0) is 24.5 Å². The van der Waals surface area contributed by atoms with Crippen molar-refractivity contribution in [3.05, 3.63) is 64.5 Å². The SMILES string of the molecule is CC[C@H](C)[C@H]1CN(c2ncc(C#N)cn2)C(=O)C=C1CCC(=O)c1cccc(Cl)c1. The van der Waals surface area contributed by atoms with E-state index in [4.69, 9.17) is 16.9 Å². The number of hydrogen-bond donors (Lipinski definition) is 0. The minimum absolute atomic E-state index is 0.00612. The van der Waals surface area contributed by atoms with Crippen molar-refractivity contribution in [2.24, 2.45) is 11.8 Å². The molecule has 1 amide bonds. The first kappa shape index (κ1) is 21.7. The topological polar surface area (TPSA) is 86.9 Å². The number of rotatable bonds is 7. The molecule has 6 nitrogen and oxygen atoms in total. The van der Waals surface area contributed by atoms with Crippen LogP contribution in [0.4, 0.5) is 5.95 Å². The average Bonchev–Trinajstić information content (AvgIpc) is 2.77. The Morgan fingerprint density at radius 1 is 1.37 bits per heavy atom. The molecule has 0 aliphatic carbocycles. The van der Waals surface area contributed by atoms with E-state index in [1.54, 1.807) is 35.2 Å². The lowest BCUT2D eigenvalue weighted by Gasteiger charge is -2.34. The summed E-state index contributed by atoms with van der Waals surface area (Å²) < 4.78 is 0. The molecule has 0 N–H and O–H groups in total. The summed E-state index contributed by atoms with van der Waals surface area (Å²) in [6.07, 6.45) is 6.23. The summed E-state index contributed by atoms with van der Waals surface area (Å²) in [5, 5.41) is 9.45. The molecule has 154 valence electrons. The van der Waals surface area contributed by atoms with Crippen molar-refractivity contribution in [3.63, 3.8) is 0 Å². The number of halogens is 1. The molecular weight excluding hydrogens is 400 g/mol. The molecule has 30 heavy (non-hydrogen) atoms. The third kappa shape index (κ3) is 4.92. The van der Waals surface area contributed by atoms with Crippen molar-refractivity contribution in [1.29, 1.82) is 5.26 Å². The van der Waals surface area contributed by atoms with Gasteiger partial charge in [0.05, 0.1) is 18.0 Å². The lowest BCUT2D eigenvalue weighted by Crippen LogP contribution is -2.42. The second-order valence-electron chi connectivity index (χ2n) is 7.48. The van der Waals surface area contributed by atoms with Gasteiger partial charge in [-0.3, -0.25) is 14.5 Å². The van der Waals surface area contributed by atoms with Crippen LogP contribution < -0.4 is 4.90 Å². The summed E-state index contributed by atoms with van der Waals surface area (Å²) in [5.74, 6) is 0.527. The summed E-state index contributed by atoms with van der Waals surface area (Å²) in [7, 11) is 0. The molecule has 0 radical (unpaired) electrons. The monoisotopic (exact) mass is 422 g/mol. The first-order valence-electron chi connectivity index (χ1n) is 9.95. The fourth-order valence-electron chi connectivity index (χ4n) is 3.60. The Balaban J connectivity index is 1.79. The number of carbonyl (C=O) groups excluding carboxylic acids is 2. The highest BCUT2D eigenvalue weighted by molar-refractivity contribution is 6.31. The largest absolute Gasteiger partial charge is 0.294 e. The predicted octanol–water partition coefficient (Wildman–Crippen LogP) is 4.60. The fraction of sp³-hybridized carbons (Fsp3) is 0.348. The molecule has 0 spiro atoms. The molecule has 3 rings (SSSR count). The molecule has 0 fully saturated rings. The van der Waals surface area contributed by atoms with Crippen molar-refractivity contribution in [3.8, 4) is 6.07 Å².